The van der Waals surface area contributed by atoms with Crippen LogP contribution >= 0.6 is 24.0 Å². The summed E-state index contributed by atoms with van der Waals surface area (Å²) in [5.74, 6) is 1.47. The highest BCUT2D eigenvalue weighted by Gasteiger charge is 2.23. The highest BCUT2D eigenvalue weighted by Crippen LogP contribution is 2.20. The lowest BCUT2D eigenvalue weighted by atomic mass is 9.95. The number of piperidine rings is 1. The third-order valence-electron chi connectivity index (χ3n) is 4.80. The van der Waals surface area contributed by atoms with Gasteiger partial charge in [-0.2, -0.15) is 0 Å². The summed E-state index contributed by atoms with van der Waals surface area (Å²) < 4.78 is 5.61. The maximum Gasteiger partial charge on any atom is 0.226 e. The first-order chi connectivity index (χ1) is 13.0. The van der Waals surface area contributed by atoms with E-state index in [0.717, 1.165) is 43.1 Å². The molecule has 0 spiro atoms. The van der Waals surface area contributed by atoms with E-state index in [1.54, 1.807) is 13.3 Å². The lowest BCUT2D eigenvalue weighted by molar-refractivity contribution is -0.119. The number of rotatable bonds is 5. The van der Waals surface area contributed by atoms with Crippen molar-refractivity contribution in [3.05, 3.63) is 41.8 Å². The van der Waals surface area contributed by atoms with Crippen LogP contribution in [0.5, 0.6) is 0 Å². The first-order valence-corrected chi connectivity index (χ1v) is 9.30. The van der Waals surface area contributed by atoms with E-state index in [4.69, 9.17) is 10.2 Å². The normalized spacial score (nSPS) is 17.1. The van der Waals surface area contributed by atoms with E-state index in [-0.39, 0.29) is 35.8 Å². The van der Waals surface area contributed by atoms with Crippen LogP contribution in [0.4, 0.5) is 0 Å². The average Bonchev–Trinajstić information content (AvgIpc) is 3.11. The molecule has 3 rings (SSSR count). The molecule has 1 fully saturated rings. The second kappa shape index (κ2) is 10.4. The monoisotopic (exact) mass is 497 g/mol. The zero-order valence-corrected chi connectivity index (χ0v) is 18.7. The third kappa shape index (κ3) is 5.95. The van der Waals surface area contributed by atoms with Crippen LogP contribution in [0.25, 0.3) is 11.5 Å². The number of guanidine groups is 1. The SMILES string of the molecule is CN=C(NCc1coc(-c2ccc(C)cc2)n1)N1CCCC(CC(N)=O)C1.I. The van der Waals surface area contributed by atoms with E-state index >= 15 is 0 Å². The number of nitrogens with zero attached hydrogens (tertiary/aromatic N) is 3. The lowest BCUT2D eigenvalue weighted by Gasteiger charge is -2.34. The number of oxazole rings is 1. The summed E-state index contributed by atoms with van der Waals surface area (Å²) in [5.41, 5.74) is 8.33. The number of benzene rings is 1. The van der Waals surface area contributed by atoms with Crippen molar-refractivity contribution >= 4 is 35.8 Å². The minimum absolute atomic E-state index is 0. The molecule has 1 atom stereocenters. The van der Waals surface area contributed by atoms with Crippen molar-refractivity contribution in [2.75, 3.05) is 20.1 Å². The Morgan fingerprint density at radius 2 is 2.14 bits per heavy atom. The fourth-order valence-corrected chi connectivity index (χ4v) is 3.43. The Kier molecular flexibility index (Phi) is 8.28. The number of nitrogens with two attached hydrogens (primary N) is 1. The molecule has 1 aromatic heterocycles. The van der Waals surface area contributed by atoms with Gasteiger partial charge in [0.15, 0.2) is 5.96 Å². The number of halogens is 1. The molecule has 28 heavy (non-hydrogen) atoms. The van der Waals surface area contributed by atoms with E-state index in [1.807, 2.05) is 24.3 Å². The van der Waals surface area contributed by atoms with E-state index in [0.29, 0.717) is 18.9 Å². The molecular weight excluding hydrogens is 469 g/mol. The summed E-state index contributed by atoms with van der Waals surface area (Å²) in [7, 11) is 1.76. The van der Waals surface area contributed by atoms with E-state index in [9.17, 15) is 4.79 Å². The van der Waals surface area contributed by atoms with Gasteiger partial charge in [-0.15, -0.1) is 24.0 Å². The average molecular weight is 497 g/mol. The van der Waals surface area contributed by atoms with Crippen LogP contribution in [0.3, 0.4) is 0 Å². The molecule has 2 heterocycles. The van der Waals surface area contributed by atoms with Gasteiger partial charge in [-0.05, 0) is 37.8 Å². The second-order valence-corrected chi connectivity index (χ2v) is 7.04. The molecule has 152 valence electrons. The molecule has 0 aliphatic carbocycles. The van der Waals surface area contributed by atoms with Crippen molar-refractivity contribution in [1.82, 2.24) is 15.2 Å². The van der Waals surface area contributed by atoms with Crippen molar-refractivity contribution in [2.24, 2.45) is 16.6 Å². The molecule has 0 saturated carbocycles. The number of primary amides is 1. The Balaban J connectivity index is 0.00000280. The summed E-state index contributed by atoms with van der Waals surface area (Å²) in [4.78, 5) is 22.3. The Bertz CT molecular complexity index is 803. The number of amides is 1. The van der Waals surface area contributed by atoms with Gasteiger partial charge in [-0.1, -0.05) is 17.7 Å². The third-order valence-corrected chi connectivity index (χ3v) is 4.80. The molecule has 1 unspecified atom stereocenters. The van der Waals surface area contributed by atoms with Gasteiger partial charge < -0.3 is 20.4 Å². The Morgan fingerprint density at radius 1 is 1.39 bits per heavy atom. The molecule has 3 N–H and O–H groups in total. The maximum atomic E-state index is 11.2. The smallest absolute Gasteiger partial charge is 0.226 e. The number of hydrogen-bond donors (Lipinski definition) is 2. The number of carbonyl (C=O) groups excluding carboxylic acids is 1. The fourth-order valence-electron chi connectivity index (χ4n) is 3.43. The molecule has 8 heteroatoms. The quantitative estimate of drug-likeness (QED) is 0.376. The van der Waals surface area contributed by atoms with E-state index in [2.05, 4.69) is 27.1 Å². The van der Waals surface area contributed by atoms with Crippen LogP contribution in [-0.4, -0.2) is 41.9 Å². The van der Waals surface area contributed by atoms with Crippen LogP contribution in [0.2, 0.25) is 0 Å². The number of aromatic nitrogens is 1. The summed E-state index contributed by atoms with van der Waals surface area (Å²) in [6.45, 7) is 4.28. The number of aliphatic imine (C=N–C) groups is 1. The largest absolute Gasteiger partial charge is 0.444 e. The molecule has 0 bridgehead atoms. The number of aryl methyl sites for hydroxylation is 1. The minimum Gasteiger partial charge on any atom is -0.444 e. The highest BCUT2D eigenvalue weighted by atomic mass is 127. The van der Waals surface area contributed by atoms with Gasteiger partial charge in [0.2, 0.25) is 11.8 Å². The Hall–Kier alpha value is -2.10. The van der Waals surface area contributed by atoms with E-state index < -0.39 is 0 Å². The zero-order valence-electron chi connectivity index (χ0n) is 16.4. The fraction of sp³-hybridized carbons (Fsp3) is 0.450. The molecule has 0 radical (unpaired) electrons. The minimum atomic E-state index is -0.240. The molecular formula is C20H28IN5O2. The van der Waals surface area contributed by atoms with Crippen molar-refractivity contribution in [2.45, 2.75) is 32.7 Å². The molecule has 1 aromatic carbocycles. The van der Waals surface area contributed by atoms with Crippen LogP contribution in [0.1, 0.15) is 30.5 Å². The van der Waals surface area contributed by atoms with E-state index in [1.165, 1.54) is 5.56 Å². The topological polar surface area (TPSA) is 96.8 Å². The molecule has 1 amide bonds. The summed E-state index contributed by atoms with van der Waals surface area (Å²) >= 11 is 0. The van der Waals surface area contributed by atoms with Gasteiger partial charge in [0.05, 0.1) is 12.2 Å². The second-order valence-electron chi connectivity index (χ2n) is 7.04. The molecule has 1 aliphatic rings. The van der Waals surface area contributed by atoms with Gasteiger partial charge in [0.25, 0.3) is 0 Å². The first-order valence-electron chi connectivity index (χ1n) is 9.30. The number of nitrogens with one attached hydrogen (secondary N) is 1. The van der Waals surface area contributed by atoms with Crippen molar-refractivity contribution in [3.8, 4) is 11.5 Å². The summed E-state index contributed by atoms with van der Waals surface area (Å²) in [6.07, 6.45) is 4.15. The van der Waals surface area contributed by atoms with Crippen molar-refractivity contribution in [3.63, 3.8) is 0 Å². The first kappa shape index (κ1) is 22.2. The van der Waals surface area contributed by atoms with Gasteiger partial charge in [0, 0.05) is 32.1 Å². The molecule has 7 nitrogen and oxygen atoms in total. The van der Waals surface area contributed by atoms with Gasteiger partial charge in [-0.3, -0.25) is 9.79 Å². The van der Waals surface area contributed by atoms with Crippen LogP contribution < -0.4 is 11.1 Å². The van der Waals surface area contributed by atoms with Gasteiger partial charge >= 0.3 is 0 Å². The number of hydrogen-bond acceptors (Lipinski definition) is 4. The highest BCUT2D eigenvalue weighted by molar-refractivity contribution is 14.0. The van der Waals surface area contributed by atoms with Crippen molar-refractivity contribution in [1.29, 1.82) is 0 Å². The van der Waals surface area contributed by atoms with Gasteiger partial charge in [0.1, 0.15) is 6.26 Å². The predicted molar refractivity (Wildman–Crippen MR) is 120 cm³/mol. The Morgan fingerprint density at radius 3 is 2.82 bits per heavy atom. The van der Waals surface area contributed by atoms with Crippen LogP contribution in [-0.2, 0) is 11.3 Å². The Labute approximate surface area is 182 Å². The maximum absolute atomic E-state index is 11.2. The van der Waals surface area contributed by atoms with Crippen LogP contribution in [0, 0.1) is 12.8 Å². The molecule has 1 saturated heterocycles. The summed E-state index contributed by atoms with van der Waals surface area (Å²) in [5, 5.41) is 3.34. The predicted octanol–water partition coefficient (Wildman–Crippen LogP) is 2.93. The van der Waals surface area contributed by atoms with Gasteiger partial charge in [-0.25, -0.2) is 4.98 Å². The summed E-state index contributed by atoms with van der Waals surface area (Å²) in [6, 6.07) is 8.09. The molecule has 1 aliphatic heterocycles. The number of likely N-dealkylation sites (tertiary alicyclic amines) is 1. The zero-order chi connectivity index (χ0) is 19.2. The van der Waals surface area contributed by atoms with Crippen LogP contribution in [0.15, 0.2) is 39.9 Å². The standard InChI is InChI=1S/C20H27N5O2.HI/c1-14-5-7-16(8-6-14)19-24-17(13-27-19)11-23-20(22-2)25-9-3-4-15(12-25)10-18(21)26;/h5-8,13,15H,3-4,9-12H2,1-2H3,(H2,21,26)(H,22,23);1H. The van der Waals surface area contributed by atoms with Crippen molar-refractivity contribution < 1.29 is 9.21 Å². The lowest BCUT2D eigenvalue weighted by Crippen LogP contribution is -2.46. The molecule has 2 aromatic rings. The number of carbonyl (C=O) groups is 1.